The van der Waals surface area contributed by atoms with E-state index in [9.17, 15) is 9.59 Å². The van der Waals surface area contributed by atoms with Crippen LogP contribution in [-0.4, -0.2) is 41.5 Å². The molecule has 0 fully saturated rings. The van der Waals surface area contributed by atoms with E-state index in [1.807, 2.05) is 30.3 Å². The van der Waals surface area contributed by atoms with Gasteiger partial charge in [-0.1, -0.05) is 44.2 Å². The molecular weight excluding hydrogens is 280 g/mol. The van der Waals surface area contributed by atoms with E-state index in [2.05, 4.69) is 19.2 Å². The van der Waals surface area contributed by atoms with Crippen molar-refractivity contribution >= 4 is 11.9 Å². The number of amides is 1. The maximum atomic E-state index is 12.2. The zero-order valence-electron chi connectivity index (χ0n) is 13.7. The summed E-state index contributed by atoms with van der Waals surface area (Å²) in [7, 11) is 1.64. The van der Waals surface area contributed by atoms with E-state index in [4.69, 9.17) is 5.11 Å². The number of rotatable bonds is 8. The number of nitrogens with one attached hydrogen (secondary N) is 1. The number of carbonyl (C=O) groups is 2. The molecule has 1 amide bonds. The lowest BCUT2D eigenvalue weighted by Gasteiger charge is -2.24. The fraction of sp³-hybridized carbons (Fsp3) is 0.529. The molecule has 0 bridgehead atoms. The maximum Gasteiger partial charge on any atom is 0.320 e. The van der Waals surface area contributed by atoms with Crippen molar-refractivity contribution in [3.63, 3.8) is 0 Å². The standard InChI is InChI=1S/C17H26N2O3/c1-12(2)10-15(14-8-6-5-7-9-14)18-16(20)11-19(4)13(3)17(21)22/h5-9,12-13,15H,10-11H2,1-4H3,(H,18,20)(H,21,22). The Labute approximate surface area is 132 Å². The van der Waals surface area contributed by atoms with E-state index in [1.54, 1.807) is 14.0 Å². The topological polar surface area (TPSA) is 69.6 Å². The minimum atomic E-state index is -0.933. The summed E-state index contributed by atoms with van der Waals surface area (Å²) in [6.45, 7) is 5.86. The van der Waals surface area contributed by atoms with Gasteiger partial charge in [-0.2, -0.15) is 0 Å². The summed E-state index contributed by atoms with van der Waals surface area (Å²) < 4.78 is 0. The van der Waals surface area contributed by atoms with Gasteiger partial charge in [0, 0.05) is 0 Å². The first-order chi connectivity index (χ1) is 10.3. The molecule has 0 spiro atoms. The third-order valence-electron chi connectivity index (χ3n) is 3.66. The molecule has 5 nitrogen and oxygen atoms in total. The largest absolute Gasteiger partial charge is 0.480 e. The van der Waals surface area contributed by atoms with Crippen molar-refractivity contribution < 1.29 is 14.7 Å². The van der Waals surface area contributed by atoms with Crippen LogP contribution in [0.5, 0.6) is 0 Å². The molecule has 0 aliphatic rings. The van der Waals surface area contributed by atoms with Gasteiger partial charge in [-0.25, -0.2) is 0 Å². The van der Waals surface area contributed by atoms with Gasteiger partial charge < -0.3 is 10.4 Å². The molecule has 0 aliphatic heterocycles. The number of hydrogen-bond acceptors (Lipinski definition) is 3. The molecule has 2 N–H and O–H groups in total. The Kier molecular flexibility index (Phi) is 7.05. The minimum Gasteiger partial charge on any atom is -0.480 e. The molecule has 2 atom stereocenters. The van der Waals surface area contributed by atoms with Gasteiger partial charge in [0.05, 0.1) is 12.6 Å². The molecule has 1 aromatic carbocycles. The predicted molar refractivity (Wildman–Crippen MR) is 86.5 cm³/mol. The number of hydrogen-bond donors (Lipinski definition) is 2. The number of carboxylic acids is 1. The van der Waals surface area contributed by atoms with Crippen LogP contribution in [0.15, 0.2) is 30.3 Å². The molecule has 2 unspecified atom stereocenters. The molecule has 1 aromatic rings. The van der Waals surface area contributed by atoms with E-state index in [0.29, 0.717) is 5.92 Å². The summed E-state index contributed by atoms with van der Waals surface area (Å²) in [4.78, 5) is 24.7. The zero-order valence-corrected chi connectivity index (χ0v) is 13.7. The van der Waals surface area contributed by atoms with Crippen molar-refractivity contribution in [1.82, 2.24) is 10.2 Å². The molecule has 5 heteroatoms. The van der Waals surface area contributed by atoms with E-state index in [0.717, 1.165) is 12.0 Å². The lowest BCUT2D eigenvalue weighted by Crippen LogP contribution is -2.43. The van der Waals surface area contributed by atoms with Gasteiger partial charge in [-0.15, -0.1) is 0 Å². The Morgan fingerprint density at radius 1 is 1.18 bits per heavy atom. The zero-order chi connectivity index (χ0) is 16.7. The van der Waals surface area contributed by atoms with Crippen LogP contribution in [0.3, 0.4) is 0 Å². The van der Waals surface area contributed by atoms with Gasteiger partial charge in [0.15, 0.2) is 0 Å². The van der Waals surface area contributed by atoms with E-state index in [1.165, 1.54) is 4.90 Å². The Hall–Kier alpha value is -1.88. The van der Waals surface area contributed by atoms with Gasteiger partial charge in [0.2, 0.25) is 5.91 Å². The highest BCUT2D eigenvalue weighted by Crippen LogP contribution is 2.20. The molecule has 22 heavy (non-hydrogen) atoms. The molecular formula is C17H26N2O3. The van der Waals surface area contributed by atoms with Crippen molar-refractivity contribution in [2.45, 2.75) is 39.3 Å². The van der Waals surface area contributed by atoms with Crippen LogP contribution in [0.4, 0.5) is 0 Å². The van der Waals surface area contributed by atoms with Crippen LogP contribution >= 0.6 is 0 Å². The number of nitrogens with zero attached hydrogens (tertiary/aromatic N) is 1. The summed E-state index contributed by atoms with van der Waals surface area (Å²) in [5.41, 5.74) is 1.07. The highest BCUT2D eigenvalue weighted by atomic mass is 16.4. The predicted octanol–water partition coefficient (Wildman–Crippen LogP) is 2.29. The number of carboxylic acid groups (broad SMARTS) is 1. The summed E-state index contributed by atoms with van der Waals surface area (Å²) in [5, 5.41) is 12.0. The fourth-order valence-corrected chi connectivity index (χ4v) is 2.23. The number of benzene rings is 1. The van der Waals surface area contributed by atoms with E-state index in [-0.39, 0.29) is 18.5 Å². The van der Waals surface area contributed by atoms with Gasteiger partial charge >= 0.3 is 5.97 Å². The van der Waals surface area contributed by atoms with Gasteiger partial charge in [-0.3, -0.25) is 14.5 Å². The quantitative estimate of drug-likeness (QED) is 0.773. The van der Waals surface area contributed by atoms with Gasteiger partial charge in [0.25, 0.3) is 0 Å². The van der Waals surface area contributed by atoms with Crippen LogP contribution in [0, 0.1) is 5.92 Å². The molecule has 1 rings (SSSR count). The maximum absolute atomic E-state index is 12.2. The summed E-state index contributed by atoms with van der Waals surface area (Å²) in [6, 6.07) is 9.10. The molecule has 0 saturated carbocycles. The Bertz CT molecular complexity index is 488. The molecule has 0 aromatic heterocycles. The molecule has 0 radical (unpaired) electrons. The first kappa shape index (κ1) is 18.2. The van der Waals surface area contributed by atoms with Gasteiger partial charge in [0.1, 0.15) is 6.04 Å². The molecule has 0 heterocycles. The highest BCUT2D eigenvalue weighted by molar-refractivity contribution is 5.80. The number of aliphatic carboxylic acids is 1. The molecule has 0 saturated heterocycles. The fourth-order valence-electron chi connectivity index (χ4n) is 2.23. The smallest absolute Gasteiger partial charge is 0.320 e. The summed E-state index contributed by atoms with van der Waals surface area (Å²) in [5.74, 6) is -0.650. The van der Waals surface area contributed by atoms with Crippen LogP contribution in [0.25, 0.3) is 0 Å². The Morgan fingerprint density at radius 2 is 1.77 bits per heavy atom. The van der Waals surface area contributed by atoms with Crippen molar-refractivity contribution in [2.24, 2.45) is 5.92 Å². The highest BCUT2D eigenvalue weighted by Gasteiger charge is 2.21. The Balaban J connectivity index is 2.70. The monoisotopic (exact) mass is 306 g/mol. The average molecular weight is 306 g/mol. The SMILES string of the molecule is CC(C)CC(NC(=O)CN(C)C(C)C(=O)O)c1ccccc1. The first-order valence-electron chi connectivity index (χ1n) is 7.58. The Morgan fingerprint density at radius 3 is 2.27 bits per heavy atom. The summed E-state index contributed by atoms with van der Waals surface area (Å²) >= 11 is 0. The molecule has 0 aliphatic carbocycles. The third kappa shape index (κ3) is 5.85. The van der Waals surface area contributed by atoms with E-state index < -0.39 is 12.0 Å². The van der Waals surface area contributed by atoms with Crippen molar-refractivity contribution in [3.8, 4) is 0 Å². The second-order valence-electron chi connectivity index (χ2n) is 6.09. The average Bonchev–Trinajstić information content (AvgIpc) is 2.45. The second-order valence-corrected chi connectivity index (χ2v) is 6.09. The van der Waals surface area contributed by atoms with Crippen LogP contribution in [-0.2, 0) is 9.59 Å². The van der Waals surface area contributed by atoms with E-state index >= 15 is 0 Å². The van der Waals surface area contributed by atoms with Crippen LogP contribution in [0.2, 0.25) is 0 Å². The van der Waals surface area contributed by atoms with Crippen LogP contribution < -0.4 is 5.32 Å². The lowest BCUT2D eigenvalue weighted by atomic mass is 9.97. The normalized spacial score (nSPS) is 13.9. The first-order valence-corrected chi connectivity index (χ1v) is 7.58. The van der Waals surface area contributed by atoms with Crippen molar-refractivity contribution in [3.05, 3.63) is 35.9 Å². The minimum absolute atomic E-state index is 0.0535. The lowest BCUT2D eigenvalue weighted by molar-refractivity contribution is -0.142. The summed E-state index contributed by atoms with van der Waals surface area (Å²) in [6.07, 6.45) is 0.841. The second kappa shape index (κ2) is 8.54. The van der Waals surface area contributed by atoms with Crippen molar-refractivity contribution in [2.75, 3.05) is 13.6 Å². The van der Waals surface area contributed by atoms with Crippen molar-refractivity contribution in [1.29, 1.82) is 0 Å². The third-order valence-corrected chi connectivity index (χ3v) is 3.66. The van der Waals surface area contributed by atoms with Crippen LogP contribution in [0.1, 0.15) is 38.8 Å². The number of carbonyl (C=O) groups excluding carboxylic acids is 1. The molecule has 122 valence electrons. The van der Waals surface area contributed by atoms with Gasteiger partial charge in [-0.05, 0) is 31.9 Å². The number of likely N-dealkylation sites (N-methyl/N-ethyl adjacent to an activating group) is 1.